The third-order valence-corrected chi connectivity index (χ3v) is 15.4. The maximum absolute atomic E-state index is 13.2. The Hall–Kier alpha value is -1.85. The van der Waals surface area contributed by atoms with Crippen molar-refractivity contribution in [2.45, 2.75) is 145 Å². The lowest BCUT2D eigenvalue weighted by molar-refractivity contribution is -0.250. The van der Waals surface area contributed by atoms with Gasteiger partial charge in [0.25, 0.3) is 0 Å². The van der Waals surface area contributed by atoms with Crippen LogP contribution in [-0.4, -0.2) is 36.2 Å². The number of allylic oxidation sites excluding steroid dienone is 1. The number of ether oxygens (including phenoxy) is 2. The fourth-order valence-corrected chi connectivity index (χ4v) is 13.2. The molecule has 0 aliphatic heterocycles. The Labute approximate surface area is 272 Å². The normalized spacial score (nSPS) is 43.6. The summed E-state index contributed by atoms with van der Waals surface area (Å²) >= 11 is 0. The predicted molar refractivity (Wildman–Crippen MR) is 176 cm³/mol. The van der Waals surface area contributed by atoms with E-state index >= 15 is 0 Å². The summed E-state index contributed by atoms with van der Waals surface area (Å²) in [5.41, 5.74) is 1.04. The van der Waals surface area contributed by atoms with E-state index in [9.17, 15) is 19.5 Å². The van der Waals surface area contributed by atoms with Gasteiger partial charge in [-0.25, -0.2) is 0 Å². The summed E-state index contributed by atoms with van der Waals surface area (Å²) in [7, 11) is 1.38. The fraction of sp³-hybridized carbons (Fsp3) is 0.872. The SMILES string of the molecule is C=C(C)[C@@H]1CC[C@]2(CC(=O)O)CC[C@]3(C)[C@H](CCC4[C@@]5(C)CC[C@H](OC(=O)CC(C)(C)CC(=O)OC)C(C)(C)[C@@H]5CC[C@]43C)[C@@H]12. The number of carboxylic acid groups (broad SMARTS) is 1. The molecule has 0 spiro atoms. The molecular weight excluding hydrogens is 564 g/mol. The van der Waals surface area contributed by atoms with Crippen molar-refractivity contribution in [1.82, 2.24) is 0 Å². The molecule has 5 saturated carbocycles. The monoisotopic (exact) mass is 626 g/mol. The number of hydrogen-bond donors (Lipinski definition) is 1. The van der Waals surface area contributed by atoms with Crippen LogP contribution in [0.4, 0.5) is 0 Å². The summed E-state index contributed by atoms with van der Waals surface area (Å²) in [6.45, 7) is 22.9. The number of hydrogen-bond acceptors (Lipinski definition) is 5. The molecule has 6 heteroatoms. The van der Waals surface area contributed by atoms with Gasteiger partial charge >= 0.3 is 17.9 Å². The van der Waals surface area contributed by atoms with Gasteiger partial charge in [0.2, 0.25) is 0 Å². The lowest BCUT2D eigenvalue weighted by Gasteiger charge is -2.73. The Morgan fingerprint density at radius 1 is 0.822 bits per heavy atom. The first-order valence-electron chi connectivity index (χ1n) is 17.9. The van der Waals surface area contributed by atoms with Gasteiger partial charge in [0.05, 0.1) is 26.4 Å². The summed E-state index contributed by atoms with van der Waals surface area (Å²) in [6, 6.07) is 0. The maximum Gasteiger partial charge on any atom is 0.306 e. The molecule has 0 radical (unpaired) electrons. The molecule has 45 heavy (non-hydrogen) atoms. The van der Waals surface area contributed by atoms with Gasteiger partial charge in [0.1, 0.15) is 6.10 Å². The van der Waals surface area contributed by atoms with E-state index in [1.807, 2.05) is 13.8 Å². The van der Waals surface area contributed by atoms with Gasteiger partial charge < -0.3 is 14.6 Å². The van der Waals surface area contributed by atoms with Crippen LogP contribution in [0.3, 0.4) is 0 Å². The predicted octanol–water partition coefficient (Wildman–Crippen LogP) is 9.01. The van der Waals surface area contributed by atoms with Crippen LogP contribution < -0.4 is 0 Å². The lowest BCUT2D eigenvalue weighted by atomic mass is 9.32. The molecule has 10 atom stereocenters. The van der Waals surface area contributed by atoms with Crippen LogP contribution >= 0.6 is 0 Å². The highest BCUT2D eigenvalue weighted by molar-refractivity contribution is 5.74. The van der Waals surface area contributed by atoms with Crippen molar-refractivity contribution in [3.63, 3.8) is 0 Å². The molecule has 5 aliphatic rings. The average molecular weight is 627 g/mol. The quantitative estimate of drug-likeness (QED) is 0.214. The summed E-state index contributed by atoms with van der Waals surface area (Å²) in [6.07, 6.45) is 11.5. The number of carbonyl (C=O) groups is 3. The Kier molecular flexibility index (Phi) is 8.73. The van der Waals surface area contributed by atoms with Gasteiger partial charge in [0.15, 0.2) is 0 Å². The zero-order chi connectivity index (χ0) is 33.4. The first-order chi connectivity index (χ1) is 20.8. The molecule has 0 aromatic carbocycles. The van der Waals surface area contributed by atoms with E-state index in [4.69, 9.17) is 9.47 Å². The largest absolute Gasteiger partial charge is 0.481 e. The van der Waals surface area contributed by atoms with E-state index in [-0.39, 0.29) is 58.0 Å². The Bertz CT molecular complexity index is 1220. The van der Waals surface area contributed by atoms with Crippen LogP contribution in [0.5, 0.6) is 0 Å². The number of fused-ring (bicyclic) bond motifs is 7. The minimum atomic E-state index is -0.634. The number of carboxylic acids is 1. The number of rotatable bonds is 8. The van der Waals surface area contributed by atoms with E-state index in [0.717, 1.165) is 44.9 Å². The van der Waals surface area contributed by atoms with Crippen LogP contribution in [0.2, 0.25) is 0 Å². The second kappa shape index (κ2) is 11.4. The van der Waals surface area contributed by atoms with E-state index in [1.165, 1.54) is 31.9 Å². The first kappa shape index (κ1) is 34.5. The average Bonchev–Trinajstić information content (AvgIpc) is 3.29. The summed E-state index contributed by atoms with van der Waals surface area (Å²) in [5.74, 6) is 1.30. The Morgan fingerprint density at radius 3 is 2.11 bits per heavy atom. The molecule has 0 aromatic heterocycles. The van der Waals surface area contributed by atoms with Gasteiger partial charge in [-0.1, -0.05) is 60.6 Å². The molecule has 5 rings (SSSR count). The fourth-order valence-electron chi connectivity index (χ4n) is 13.2. The van der Waals surface area contributed by atoms with Crippen molar-refractivity contribution in [2.24, 2.45) is 62.1 Å². The third kappa shape index (κ3) is 5.40. The van der Waals surface area contributed by atoms with Crippen LogP contribution in [-0.2, 0) is 23.9 Å². The second-order valence-corrected chi connectivity index (χ2v) is 18.6. The molecule has 6 nitrogen and oxygen atoms in total. The van der Waals surface area contributed by atoms with Gasteiger partial charge in [-0.2, -0.15) is 0 Å². The maximum atomic E-state index is 13.2. The molecule has 254 valence electrons. The minimum Gasteiger partial charge on any atom is -0.481 e. The second-order valence-electron chi connectivity index (χ2n) is 18.6. The number of methoxy groups -OCH3 is 1. The van der Waals surface area contributed by atoms with Gasteiger partial charge in [-0.3, -0.25) is 14.4 Å². The van der Waals surface area contributed by atoms with Crippen LogP contribution in [0.15, 0.2) is 12.2 Å². The summed E-state index contributed by atoms with van der Waals surface area (Å²) in [5, 5.41) is 10.0. The number of esters is 2. The summed E-state index contributed by atoms with van der Waals surface area (Å²) < 4.78 is 11.1. The third-order valence-electron chi connectivity index (χ3n) is 15.4. The van der Waals surface area contributed by atoms with E-state index in [1.54, 1.807) is 0 Å². The lowest BCUT2D eigenvalue weighted by Crippen LogP contribution is -2.66. The highest BCUT2D eigenvalue weighted by Gasteiger charge is 2.71. The smallest absolute Gasteiger partial charge is 0.306 e. The van der Waals surface area contributed by atoms with Gasteiger partial charge in [0, 0.05) is 5.41 Å². The molecule has 0 heterocycles. The van der Waals surface area contributed by atoms with Gasteiger partial charge in [-0.05, 0) is 128 Å². The molecule has 5 fully saturated rings. The summed E-state index contributed by atoms with van der Waals surface area (Å²) in [4.78, 5) is 37.4. The molecule has 0 amide bonds. The van der Waals surface area contributed by atoms with Crippen molar-refractivity contribution in [2.75, 3.05) is 7.11 Å². The zero-order valence-corrected chi connectivity index (χ0v) is 29.9. The molecule has 0 saturated heterocycles. The minimum absolute atomic E-state index is 0.0841. The number of carbonyl (C=O) groups excluding carboxylic acids is 2. The van der Waals surface area contributed by atoms with Crippen molar-refractivity contribution in [3.8, 4) is 0 Å². The Morgan fingerprint density at radius 2 is 1.49 bits per heavy atom. The zero-order valence-electron chi connectivity index (χ0n) is 29.9. The molecule has 1 unspecified atom stereocenters. The van der Waals surface area contributed by atoms with Crippen LogP contribution in [0, 0.1) is 62.1 Å². The molecular formula is C39H62O6. The topological polar surface area (TPSA) is 89.9 Å². The van der Waals surface area contributed by atoms with E-state index in [2.05, 4.69) is 48.1 Å². The molecule has 0 aromatic rings. The molecule has 5 aliphatic carbocycles. The van der Waals surface area contributed by atoms with Gasteiger partial charge in [-0.15, -0.1) is 0 Å². The van der Waals surface area contributed by atoms with E-state index < -0.39 is 11.4 Å². The standard InChI is InChI=1S/C39H62O6/c1-24(2)25-13-18-39(21-30(40)41)20-19-37(8)26(33(25)39)11-12-28-36(7)16-15-29(35(5,6)27(36)14-17-38(28,37)9)45-32(43)23-34(3,4)22-31(42)44-10/h25-29,33H,1,11-23H2,2-10H3,(H,40,41)/t25-,26+,27-,28?,29-,33+,36-,37+,38+,39+/m0/s1. The van der Waals surface area contributed by atoms with Crippen molar-refractivity contribution in [3.05, 3.63) is 12.2 Å². The highest BCUT2D eigenvalue weighted by atomic mass is 16.5. The van der Waals surface area contributed by atoms with Crippen molar-refractivity contribution in [1.29, 1.82) is 0 Å². The van der Waals surface area contributed by atoms with Crippen molar-refractivity contribution < 1.29 is 29.0 Å². The van der Waals surface area contributed by atoms with E-state index in [0.29, 0.717) is 36.0 Å². The van der Waals surface area contributed by atoms with Crippen LogP contribution in [0.25, 0.3) is 0 Å². The van der Waals surface area contributed by atoms with Crippen molar-refractivity contribution >= 4 is 17.9 Å². The molecule has 0 bridgehead atoms. The highest BCUT2D eigenvalue weighted by Crippen LogP contribution is 2.78. The van der Waals surface area contributed by atoms with Crippen LogP contribution in [0.1, 0.15) is 139 Å². The first-order valence-corrected chi connectivity index (χ1v) is 17.9. The Balaban J connectivity index is 1.38. The molecule has 1 N–H and O–H groups in total. The number of aliphatic carboxylic acids is 1.